The SMILES string of the molecule is C=C.CC.CC.CC.CC.CC.CC.CC(C)C(C)CS.CCCC.CSN. The molecular formula is C25H69NS2. The molecule has 2 N–H and O–H groups in total. The molecule has 0 spiro atoms. The quantitative estimate of drug-likeness (QED) is 0.255. The zero-order valence-corrected chi connectivity index (χ0v) is 25.8. The summed E-state index contributed by atoms with van der Waals surface area (Å²) in [5, 5.41) is 4.76. The second-order valence-electron chi connectivity index (χ2n) is 3.64. The lowest BCUT2D eigenvalue weighted by atomic mass is 10.0. The van der Waals surface area contributed by atoms with Crippen LogP contribution in [0.4, 0.5) is 0 Å². The molecule has 0 heterocycles. The topological polar surface area (TPSA) is 26.0 Å². The van der Waals surface area contributed by atoms with Crippen molar-refractivity contribution in [2.75, 3.05) is 12.0 Å². The van der Waals surface area contributed by atoms with Crippen molar-refractivity contribution < 1.29 is 0 Å². The van der Waals surface area contributed by atoms with Crippen molar-refractivity contribution in [2.45, 2.75) is 131 Å². The van der Waals surface area contributed by atoms with Crippen LogP contribution < -0.4 is 5.14 Å². The van der Waals surface area contributed by atoms with Gasteiger partial charge in [0.2, 0.25) is 0 Å². The van der Waals surface area contributed by atoms with Gasteiger partial charge in [0.1, 0.15) is 0 Å². The first-order chi connectivity index (χ1) is 13.5. The predicted octanol–water partition coefficient (Wildman–Crippen LogP) is 11.2. The van der Waals surface area contributed by atoms with E-state index in [1.165, 1.54) is 24.8 Å². The summed E-state index contributed by atoms with van der Waals surface area (Å²) < 4.78 is 0. The minimum atomic E-state index is 0.767. The first-order valence-electron chi connectivity index (χ1n) is 11.8. The number of unbranched alkanes of at least 4 members (excludes halogenated alkanes) is 1. The van der Waals surface area contributed by atoms with Crippen molar-refractivity contribution >= 4 is 24.6 Å². The van der Waals surface area contributed by atoms with Gasteiger partial charge in [0.15, 0.2) is 0 Å². The van der Waals surface area contributed by atoms with Crippen molar-refractivity contribution in [1.82, 2.24) is 0 Å². The molecule has 0 bridgehead atoms. The Morgan fingerprint density at radius 3 is 0.821 bits per heavy atom. The van der Waals surface area contributed by atoms with Gasteiger partial charge in [0.05, 0.1) is 0 Å². The Kier molecular flexibility index (Phi) is 397. The van der Waals surface area contributed by atoms with Gasteiger partial charge in [-0.2, -0.15) is 12.6 Å². The maximum atomic E-state index is 4.76. The van der Waals surface area contributed by atoms with Crippen LogP contribution in [0.1, 0.15) is 131 Å². The maximum absolute atomic E-state index is 4.76. The number of thiol groups is 1. The van der Waals surface area contributed by atoms with Gasteiger partial charge in [0, 0.05) is 0 Å². The molecule has 28 heavy (non-hydrogen) atoms. The Bertz CT molecular complexity index is 88.6. The lowest BCUT2D eigenvalue weighted by Gasteiger charge is -2.10. The second-order valence-corrected chi connectivity index (χ2v) is 4.48. The fourth-order valence-corrected chi connectivity index (χ4v) is 0.632. The molecule has 0 saturated carbocycles. The standard InChI is InChI=1S/C6H14S.C4H10.6C2H6.C2H4.CH5NS/c1-5(2)6(3)4-7;1-3-4-2;7*1-2;1-3-2/h5-7H,4H2,1-3H3;3-4H2,1-2H3;6*1-2H3;1-2H2;2H2,1H3. The van der Waals surface area contributed by atoms with E-state index < -0.39 is 0 Å². The molecule has 1 unspecified atom stereocenters. The van der Waals surface area contributed by atoms with Crippen LogP contribution in [0.5, 0.6) is 0 Å². The van der Waals surface area contributed by atoms with Crippen LogP contribution in [0, 0.1) is 11.8 Å². The smallest absolute Gasteiger partial charge is 0.00394 e. The first-order valence-corrected chi connectivity index (χ1v) is 13.8. The first kappa shape index (κ1) is 63.0. The zero-order valence-electron chi connectivity index (χ0n) is 24.1. The van der Waals surface area contributed by atoms with Crippen LogP contribution >= 0.6 is 24.6 Å². The summed E-state index contributed by atoms with van der Waals surface area (Å²) in [6, 6.07) is 0. The highest BCUT2D eigenvalue weighted by Gasteiger charge is 2.01. The fraction of sp³-hybridized carbons (Fsp3) is 0.920. The molecule has 0 aliphatic carbocycles. The molecule has 0 aromatic carbocycles. The number of nitrogens with two attached hydrogens (primary N) is 1. The van der Waals surface area contributed by atoms with Gasteiger partial charge in [0.25, 0.3) is 0 Å². The van der Waals surface area contributed by atoms with E-state index in [1.54, 1.807) is 0 Å². The van der Waals surface area contributed by atoms with Crippen molar-refractivity contribution in [3.8, 4) is 0 Å². The maximum Gasteiger partial charge on any atom is -0.00394 e. The Hall–Kier alpha value is 0.400. The third kappa shape index (κ3) is 311. The Labute approximate surface area is 197 Å². The lowest BCUT2D eigenvalue weighted by Crippen LogP contribution is -2.04. The van der Waals surface area contributed by atoms with E-state index in [0.717, 1.165) is 17.6 Å². The van der Waals surface area contributed by atoms with Crippen LogP contribution in [-0.2, 0) is 0 Å². The third-order valence-electron chi connectivity index (χ3n) is 1.93. The third-order valence-corrected chi connectivity index (χ3v) is 2.50. The van der Waals surface area contributed by atoms with Crippen LogP contribution in [-0.4, -0.2) is 12.0 Å². The molecule has 0 rings (SSSR count). The van der Waals surface area contributed by atoms with Crippen molar-refractivity contribution in [1.29, 1.82) is 0 Å². The van der Waals surface area contributed by atoms with Crippen LogP contribution in [0.25, 0.3) is 0 Å². The molecule has 0 aromatic rings. The van der Waals surface area contributed by atoms with Gasteiger partial charge >= 0.3 is 0 Å². The molecule has 1 nitrogen and oxygen atoms in total. The van der Waals surface area contributed by atoms with Crippen molar-refractivity contribution in [2.24, 2.45) is 17.0 Å². The average molecular weight is 448 g/mol. The van der Waals surface area contributed by atoms with E-state index >= 15 is 0 Å². The molecule has 0 radical (unpaired) electrons. The summed E-state index contributed by atoms with van der Waals surface area (Å²) in [6.45, 7) is 41.0. The molecule has 0 saturated heterocycles. The molecule has 0 aromatic heterocycles. The van der Waals surface area contributed by atoms with Crippen LogP contribution in [0.2, 0.25) is 0 Å². The fourth-order valence-electron chi connectivity index (χ4n) is 0.211. The van der Waals surface area contributed by atoms with E-state index in [-0.39, 0.29) is 0 Å². The van der Waals surface area contributed by atoms with E-state index in [9.17, 15) is 0 Å². The summed E-state index contributed by atoms with van der Waals surface area (Å²) in [6.07, 6.45) is 4.46. The van der Waals surface area contributed by atoms with Crippen LogP contribution in [0.15, 0.2) is 13.2 Å². The summed E-state index contributed by atoms with van der Waals surface area (Å²) >= 11 is 5.40. The average Bonchev–Trinajstić information content (AvgIpc) is 2.83. The van der Waals surface area contributed by atoms with Crippen molar-refractivity contribution in [3.63, 3.8) is 0 Å². The molecule has 0 aliphatic heterocycles. The highest BCUT2D eigenvalue weighted by molar-refractivity contribution is 7.96. The minimum absolute atomic E-state index is 0.767. The molecule has 0 aliphatic rings. The number of rotatable bonds is 3. The largest absolute Gasteiger partial charge is 0.278 e. The summed E-state index contributed by atoms with van der Waals surface area (Å²) in [7, 11) is 0. The van der Waals surface area contributed by atoms with Gasteiger partial charge < -0.3 is 0 Å². The normalized spacial score (nSPS) is 6.89. The lowest BCUT2D eigenvalue weighted by molar-refractivity contribution is 0.465. The summed E-state index contributed by atoms with van der Waals surface area (Å²) in [5.74, 6) is 2.57. The van der Waals surface area contributed by atoms with Gasteiger partial charge in [-0.15, -0.1) is 13.2 Å². The Morgan fingerprint density at radius 1 is 0.679 bits per heavy atom. The van der Waals surface area contributed by atoms with E-state index in [0.29, 0.717) is 0 Å². The number of hydrogen-bond acceptors (Lipinski definition) is 3. The summed E-state index contributed by atoms with van der Waals surface area (Å²) in [5.41, 5.74) is 0. The van der Waals surface area contributed by atoms with Crippen molar-refractivity contribution in [3.05, 3.63) is 13.2 Å². The molecule has 0 fully saturated rings. The highest BCUT2D eigenvalue weighted by Crippen LogP contribution is 2.09. The van der Waals surface area contributed by atoms with Gasteiger partial charge in [-0.25, -0.2) is 0 Å². The molecule has 1 atom stereocenters. The van der Waals surface area contributed by atoms with Gasteiger partial charge in [-0.3, -0.25) is 5.14 Å². The zero-order chi connectivity index (χ0) is 26.0. The molecular weight excluding hydrogens is 378 g/mol. The Morgan fingerprint density at radius 2 is 0.821 bits per heavy atom. The summed E-state index contributed by atoms with van der Waals surface area (Å²) in [4.78, 5) is 0. The highest BCUT2D eigenvalue weighted by atomic mass is 32.2. The van der Waals surface area contributed by atoms with E-state index in [2.05, 4.69) is 60.4 Å². The molecule has 186 valence electrons. The minimum Gasteiger partial charge on any atom is -0.278 e. The molecule has 0 amide bonds. The Balaban J connectivity index is -0.0000000171. The predicted molar refractivity (Wildman–Crippen MR) is 155 cm³/mol. The second kappa shape index (κ2) is 177. The molecule has 3 heteroatoms. The van der Waals surface area contributed by atoms with E-state index in [1.807, 2.05) is 89.3 Å². The van der Waals surface area contributed by atoms with E-state index in [4.69, 9.17) is 5.14 Å². The van der Waals surface area contributed by atoms with Gasteiger partial charge in [-0.05, 0) is 23.8 Å². The monoisotopic (exact) mass is 447 g/mol. The van der Waals surface area contributed by atoms with Gasteiger partial charge in [-0.1, -0.05) is 142 Å². The number of hydrogen-bond donors (Lipinski definition) is 2. The van der Waals surface area contributed by atoms with Crippen LogP contribution in [0.3, 0.4) is 0 Å².